The third-order valence-corrected chi connectivity index (χ3v) is 6.38. The van der Waals surface area contributed by atoms with Gasteiger partial charge in [0.15, 0.2) is 0 Å². The smallest absolute Gasteiger partial charge is 0.253 e. The fourth-order valence-electron chi connectivity index (χ4n) is 3.30. The van der Waals surface area contributed by atoms with Crippen LogP contribution in [0, 0.1) is 0 Å². The molecule has 26 heavy (non-hydrogen) atoms. The van der Waals surface area contributed by atoms with Gasteiger partial charge in [-0.05, 0) is 57.1 Å². The molecule has 0 radical (unpaired) electrons. The molecular formula is C18H27N3O4S. The molecule has 2 saturated heterocycles. The number of nitrogens with one attached hydrogen (secondary N) is 1. The van der Waals surface area contributed by atoms with Gasteiger partial charge < -0.3 is 14.5 Å². The van der Waals surface area contributed by atoms with Crippen LogP contribution in [0.3, 0.4) is 0 Å². The summed E-state index contributed by atoms with van der Waals surface area (Å²) in [6.45, 7) is 4.23. The van der Waals surface area contributed by atoms with E-state index in [2.05, 4.69) is 16.7 Å². The second-order valence-electron chi connectivity index (χ2n) is 6.96. The van der Waals surface area contributed by atoms with Gasteiger partial charge in [0.2, 0.25) is 10.0 Å². The van der Waals surface area contributed by atoms with Gasteiger partial charge in [-0.1, -0.05) is 0 Å². The lowest BCUT2D eigenvalue weighted by atomic mass is 10.2. The maximum atomic E-state index is 12.6. The predicted octanol–water partition coefficient (Wildman–Crippen LogP) is 0.922. The first-order valence-electron chi connectivity index (χ1n) is 9.15. The molecule has 0 aromatic heterocycles. The van der Waals surface area contributed by atoms with E-state index in [-0.39, 0.29) is 23.5 Å². The van der Waals surface area contributed by atoms with Crippen molar-refractivity contribution in [3.05, 3.63) is 29.8 Å². The molecule has 144 valence electrons. The van der Waals surface area contributed by atoms with Crippen molar-refractivity contribution in [1.29, 1.82) is 0 Å². The van der Waals surface area contributed by atoms with E-state index >= 15 is 0 Å². The van der Waals surface area contributed by atoms with Gasteiger partial charge in [0.1, 0.15) is 0 Å². The van der Waals surface area contributed by atoms with Crippen molar-refractivity contribution in [2.75, 3.05) is 46.4 Å². The molecule has 1 amide bonds. The maximum absolute atomic E-state index is 12.6. The van der Waals surface area contributed by atoms with Crippen molar-refractivity contribution < 1.29 is 17.9 Å². The van der Waals surface area contributed by atoms with Crippen LogP contribution in [0.1, 0.15) is 29.6 Å². The highest BCUT2D eigenvalue weighted by Gasteiger charge is 2.22. The number of sulfonamides is 1. The summed E-state index contributed by atoms with van der Waals surface area (Å²) >= 11 is 0. The minimum atomic E-state index is -3.59. The Balaban J connectivity index is 1.62. The lowest BCUT2D eigenvalue weighted by Crippen LogP contribution is -2.34. The van der Waals surface area contributed by atoms with E-state index in [1.807, 2.05) is 4.90 Å². The minimum Gasteiger partial charge on any atom is -0.377 e. The fraction of sp³-hybridized carbons (Fsp3) is 0.611. The highest BCUT2D eigenvalue weighted by Crippen LogP contribution is 2.15. The number of ether oxygens (including phenoxy) is 1. The number of hydrogen-bond donors (Lipinski definition) is 1. The second kappa shape index (κ2) is 8.47. The highest BCUT2D eigenvalue weighted by atomic mass is 32.2. The Morgan fingerprint density at radius 2 is 1.92 bits per heavy atom. The van der Waals surface area contributed by atoms with Crippen LogP contribution in [0.25, 0.3) is 0 Å². The van der Waals surface area contributed by atoms with E-state index in [9.17, 15) is 13.2 Å². The quantitative estimate of drug-likeness (QED) is 0.821. The fourth-order valence-corrected chi connectivity index (χ4v) is 4.37. The number of hydrogen-bond acceptors (Lipinski definition) is 5. The zero-order valence-electron chi connectivity index (χ0n) is 15.2. The highest BCUT2D eigenvalue weighted by molar-refractivity contribution is 7.89. The van der Waals surface area contributed by atoms with Crippen molar-refractivity contribution in [1.82, 2.24) is 14.5 Å². The molecule has 1 aromatic carbocycles. The summed E-state index contributed by atoms with van der Waals surface area (Å²) in [5, 5.41) is 0. The molecule has 0 saturated carbocycles. The van der Waals surface area contributed by atoms with Crippen LogP contribution in [0.4, 0.5) is 0 Å². The van der Waals surface area contributed by atoms with Crippen LogP contribution >= 0.6 is 0 Å². The summed E-state index contributed by atoms with van der Waals surface area (Å²) in [5.74, 6) is -0.0448. The second-order valence-corrected chi connectivity index (χ2v) is 8.73. The third kappa shape index (κ3) is 4.82. The van der Waals surface area contributed by atoms with Gasteiger partial charge in [-0.3, -0.25) is 4.79 Å². The van der Waals surface area contributed by atoms with E-state index in [1.54, 1.807) is 12.1 Å². The molecule has 2 aliphatic heterocycles. The zero-order valence-corrected chi connectivity index (χ0v) is 16.0. The topological polar surface area (TPSA) is 79.0 Å². The van der Waals surface area contributed by atoms with Gasteiger partial charge >= 0.3 is 0 Å². The van der Waals surface area contributed by atoms with Gasteiger partial charge in [0, 0.05) is 38.3 Å². The van der Waals surface area contributed by atoms with Crippen molar-refractivity contribution >= 4 is 15.9 Å². The van der Waals surface area contributed by atoms with Crippen molar-refractivity contribution in [2.24, 2.45) is 0 Å². The predicted molar refractivity (Wildman–Crippen MR) is 98.6 cm³/mol. The summed E-state index contributed by atoms with van der Waals surface area (Å²) in [7, 11) is -1.54. The van der Waals surface area contributed by atoms with E-state index < -0.39 is 10.0 Å². The zero-order chi connectivity index (χ0) is 18.6. The lowest BCUT2D eigenvalue weighted by Gasteiger charge is -2.20. The molecule has 2 heterocycles. The first-order chi connectivity index (χ1) is 12.5. The Bertz CT molecular complexity index is 714. The van der Waals surface area contributed by atoms with Crippen LogP contribution in [0.5, 0.6) is 0 Å². The molecule has 2 fully saturated rings. The summed E-state index contributed by atoms with van der Waals surface area (Å²) in [4.78, 5) is 16.9. The Hall–Kier alpha value is -1.48. The van der Waals surface area contributed by atoms with E-state index in [0.717, 1.165) is 38.9 Å². The number of benzene rings is 1. The first-order valence-corrected chi connectivity index (χ1v) is 10.6. The number of carbonyl (C=O) groups is 1. The molecular weight excluding hydrogens is 354 g/mol. The Morgan fingerprint density at radius 1 is 1.15 bits per heavy atom. The third-order valence-electron chi connectivity index (χ3n) is 4.94. The number of carbonyl (C=O) groups excluding carboxylic acids is 1. The van der Waals surface area contributed by atoms with Crippen molar-refractivity contribution in [3.8, 4) is 0 Å². The van der Waals surface area contributed by atoms with Crippen LogP contribution in [0.15, 0.2) is 29.2 Å². The van der Waals surface area contributed by atoms with Crippen LogP contribution in [0.2, 0.25) is 0 Å². The number of rotatable bonds is 5. The Labute approximate surface area is 155 Å². The van der Waals surface area contributed by atoms with Crippen LogP contribution in [-0.4, -0.2) is 76.6 Å². The number of nitrogens with zero attached hydrogens (tertiary/aromatic N) is 2. The maximum Gasteiger partial charge on any atom is 0.253 e. The molecule has 0 unspecified atom stereocenters. The molecule has 2 aliphatic rings. The lowest BCUT2D eigenvalue weighted by molar-refractivity contribution is 0.0762. The van der Waals surface area contributed by atoms with Gasteiger partial charge in [0.05, 0.1) is 11.0 Å². The molecule has 0 spiro atoms. The van der Waals surface area contributed by atoms with E-state index in [0.29, 0.717) is 18.7 Å². The van der Waals surface area contributed by atoms with Gasteiger partial charge in [-0.25, -0.2) is 13.1 Å². The minimum absolute atomic E-state index is 0.0448. The normalized spacial score (nSPS) is 22.3. The van der Waals surface area contributed by atoms with Crippen LogP contribution in [-0.2, 0) is 14.8 Å². The molecule has 1 N–H and O–H groups in total. The Morgan fingerprint density at radius 3 is 2.62 bits per heavy atom. The van der Waals surface area contributed by atoms with E-state index in [4.69, 9.17) is 4.74 Å². The molecule has 8 heteroatoms. The SMILES string of the molecule is CN1CCCN(C(=O)c2ccc(S(=O)(=O)NC[C@@H]3CCCO3)cc2)CC1. The molecule has 3 rings (SSSR count). The van der Waals surface area contributed by atoms with Gasteiger partial charge in [-0.2, -0.15) is 0 Å². The molecule has 7 nitrogen and oxygen atoms in total. The van der Waals surface area contributed by atoms with Gasteiger partial charge in [0.25, 0.3) is 5.91 Å². The average molecular weight is 381 g/mol. The molecule has 0 aliphatic carbocycles. The summed E-state index contributed by atoms with van der Waals surface area (Å²) in [6, 6.07) is 6.18. The molecule has 1 aromatic rings. The van der Waals surface area contributed by atoms with Gasteiger partial charge in [-0.15, -0.1) is 0 Å². The molecule has 0 bridgehead atoms. The van der Waals surface area contributed by atoms with Crippen LogP contribution < -0.4 is 4.72 Å². The average Bonchev–Trinajstić information content (AvgIpc) is 3.07. The molecule has 1 atom stereocenters. The Kier molecular flexibility index (Phi) is 6.29. The standard InChI is InChI=1S/C18H27N3O4S/c1-20-9-3-10-21(12-11-20)18(22)15-5-7-17(8-6-15)26(23,24)19-14-16-4-2-13-25-16/h5-8,16,19H,2-4,9-14H2,1H3/t16-/m0/s1. The van der Waals surface area contributed by atoms with Crippen molar-refractivity contribution in [3.63, 3.8) is 0 Å². The van der Waals surface area contributed by atoms with E-state index in [1.165, 1.54) is 12.1 Å². The monoisotopic (exact) mass is 381 g/mol. The largest absolute Gasteiger partial charge is 0.377 e. The number of amides is 1. The number of likely N-dealkylation sites (N-methyl/N-ethyl adjacent to an activating group) is 1. The summed E-state index contributed by atoms with van der Waals surface area (Å²) in [6.07, 6.45) is 2.74. The summed E-state index contributed by atoms with van der Waals surface area (Å²) < 4.78 is 32.8. The first kappa shape index (κ1) is 19.3. The summed E-state index contributed by atoms with van der Waals surface area (Å²) in [5.41, 5.74) is 0.521. The van der Waals surface area contributed by atoms with Crippen molar-refractivity contribution in [2.45, 2.75) is 30.3 Å².